The largest absolute Gasteiger partial charge is 0.478 e. The highest BCUT2D eigenvalue weighted by Gasteiger charge is 2.26. The van der Waals surface area contributed by atoms with Gasteiger partial charge in [-0.05, 0) is 48.4 Å². The lowest BCUT2D eigenvalue weighted by Crippen LogP contribution is -2.38. The Morgan fingerprint density at radius 2 is 2.29 bits per heavy atom. The Bertz CT molecular complexity index is 541. The third-order valence-electron chi connectivity index (χ3n) is 4.44. The summed E-state index contributed by atoms with van der Waals surface area (Å²) in [7, 11) is 0. The van der Waals surface area contributed by atoms with Crippen LogP contribution in [-0.4, -0.2) is 42.3 Å². The molecule has 2 aliphatic rings. The maximum absolute atomic E-state index is 13.9. The Morgan fingerprint density at radius 1 is 1.43 bits per heavy atom. The molecule has 0 aliphatic carbocycles. The highest BCUT2D eigenvalue weighted by Crippen LogP contribution is 2.27. The van der Waals surface area contributed by atoms with Crippen LogP contribution < -0.4 is 0 Å². The minimum absolute atomic E-state index is 0.232. The van der Waals surface area contributed by atoms with Crippen LogP contribution in [0.2, 0.25) is 0 Å². The van der Waals surface area contributed by atoms with Crippen molar-refractivity contribution in [1.82, 2.24) is 4.90 Å². The highest BCUT2D eigenvalue weighted by atomic mass is 19.1. The van der Waals surface area contributed by atoms with Crippen molar-refractivity contribution in [2.24, 2.45) is 5.92 Å². The summed E-state index contributed by atoms with van der Waals surface area (Å²) in [4.78, 5) is 13.5. The summed E-state index contributed by atoms with van der Waals surface area (Å²) < 4.78 is 19.4. The van der Waals surface area contributed by atoms with Gasteiger partial charge < -0.3 is 9.84 Å². The van der Waals surface area contributed by atoms with Crippen molar-refractivity contribution in [1.29, 1.82) is 0 Å². The Kier molecular flexibility index (Phi) is 4.22. The van der Waals surface area contributed by atoms with Crippen molar-refractivity contribution >= 4 is 5.97 Å². The topological polar surface area (TPSA) is 49.8 Å². The maximum Gasteiger partial charge on any atom is 0.336 e. The fourth-order valence-electron chi connectivity index (χ4n) is 3.36. The van der Waals surface area contributed by atoms with Gasteiger partial charge in [-0.2, -0.15) is 0 Å². The molecule has 0 amide bonds. The van der Waals surface area contributed by atoms with E-state index in [1.54, 1.807) is 0 Å². The molecule has 1 N–H and O–H groups in total. The quantitative estimate of drug-likeness (QED) is 0.929. The number of nitrogens with zero attached hydrogens (tertiary/aromatic N) is 1. The fraction of sp³-hybridized carbons (Fsp3) is 0.562. The van der Waals surface area contributed by atoms with Gasteiger partial charge in [-0.1, -0.05) is 0 Å². The van der Waals surface area contributed by atoms with Gasteiger partial charge >= 0.3 is 5.97 Å². The molecule has 0 spiro atoms. The minimum Gasteiger partial charge on any atom is -0.478 e. The average Bonchev–Trinajstić information content (AvgIpc) is 2.48. The number of ether oxygens (including phenoxy) is 1. The molecule has 1 unspecified atom stereocenters. The van der Waals surface area contributed by atoms with Crippen LogP contribution in [0, 0.1) is 11.7 Å². The third-order valence-corrected chi connectivity index (χ3v) is 4.44. The second-order valence-electron chi connectivity index (χ2n) is 5.93. The molecule has 2 heterocycles. The van der Waals surface area contributed by atoms with Gasteiger partial charge in [0.25, 0.3) is 0 Å². The first-order chi connectivity index (χ1) is 10.1. The summed E-state index contributed by atoms with van der Waals surface area (Å²) in [5.41, 5.74) is 1.45. The number of hydrogen-bond donors (Lipinski definition) is 1. The van der Waals surface area contributed by atoms with Crippen molar-refractivity contribution in [3.63, 3.8) is 0 Å². The molecule has 21 heavy (non-hydrogen) atoms. The van der Waals surface area contributed by atoms with Crippen LogP contribution in [0.15, 0.2) is 12.1 Å². The van der Waals surface area contributed by atoms with Crippen molar-refractivity contribution < 1.29 is 19.0 Å². The maximum atomic E-state index is 13.9. The molecule has 5 heteroatoms. The Balaban J connectivity index is 1.77. The van der Waals surface area contributed by atoms with Gasteiger partial charge in [-0.15, -0.1) is 0 Å². The summed E-state index contributed by atoms with van der Waals surface area (Å²) in [5, 5.41) is 9.28. The lowest BCUT2D eigenvalue weighted by Gasteiger charge is -2.33. The third kappa shape index (κ3) is 3.09. The molecule has 1 aromatic rings. The first-order valence-electron chi connectivity index (χ1n) is 7.49. The van der Waals surface area contributed by atoms with Crippen LogP contribution in [0.4, 0.5) is 4.39 Å². The fourth-order valence-corrected chi connectivity index (χ4v) is 3.36. The first-order valence-corrected chi connectivity index (χ1v) is 7.49. The van der Waals surface area contributed by atoms with E-state index in [1.807, 2.05) is 0 Å². The van der Waals surface area contributed by atoms with Crippen LogP contribution >= 0.6 is 0 Å². The molecule has 2 aliphatic heterocycles. The molecule has 0 aromatic heterocycles. The van der Waals surface area contributed by atoms with Crippen LogP contribution in [0.5, 0.6) is 0 Å². The molecular weight excluding hydrogens is 273 g/mol. The van der Waals surface area contributed by atoms with Gasteiger partial charge in [-0.3, -0.25) is 4.90 Å². The number of carboxylic acid groups (broad SMARTS) is 1. The molecule has 4 nitrogen and oxygen atoms in total. The second-order valence-corrected chi connectivity index (χ2v) is 5.93. The Hall–Kier alpha value is -1.46. The lowest BCUT2D eigenvalue weighted by atomic mass is 9.93. The number of carbonyl (C=O) groups is 1. The summed E-state index contributed by atoms with van der Waals surface area (Å²) in [6.45, 7) is 3.82. The number of halogens is 1. The molecule has 0 saturated carbocycles. The zero-order valence-corrected chi connectivity index (χ0v) is 12.0. The number of fused-ring (bicyclic) bond motifs is 1. The van der Waals surface area contributed by atoms with E-state index in [-0.39, 0.29) is 11.4 Å². The zero-order valence-electron chi connectivity index (χ0n) is 12.0. The molecule has 3 rings (SSSR count). The number of benzene rings is 1. The van der Waals surface area contributed by atoms with Gasteiger partial charge in [0.15, 0.2) is 0 Å². The minimum atomic E-state index is -0.978. The van der Waals surface area contributed by atoms with E-state index in [2.05, 4.69) is 4.90 Å². The van der Waals surface area contributed by atoms with E-state index in [1.165, 1.54) is 12.1 Å². The molecule has 1 aromatic carbocycles. The van der Waals surface area contributed by atoms with E-state index in [0.717, 1.165) is 39.1 Å². The number of carboxylic acids is 1. The Morgan fingerprint density at radius 3 is 3.00 bits per heavy atom. The van der Waals surface area contributed by atoms with E-state index >= 15 is 0 Å². The van der Waals surface area contributed by atoms with E-state index < -0.39 is 5.97 Å². The molecule has 1 fully saturated rings. The monoisotopic (exact) mass is 293 g/mol. The average molecular weight is 293 g/mol. The predicted octanol–water partition coefficient (Wildman–Crippen LogP) is 2.31. The number of hydrogen-bond acceptors (Lipinski definition) is 3. The van der Waals surface area contributed by atoms with E-state index in [4.69, 9.17) is 4.74 Å². The summed E-state index contributed by atoms with van der Waals surface area (Å²) >= 11 is 0. The molecule has 1 saturated heterocycles. The van der Waals surface area contributed by atoms with Crippen molar-refractivity contribution in [3.8, 4) is 0 Å². The van der Waals surface area contributed by atoms with Crippen molar-refractivity contribution in [2.45, 2.75) is 25.8 Å². The molecule has 0 bridgehead atoms. The van der Waals surface area contributed by atoms with E-state index in [0.29, 0.717) is 30.0 Å². The van der Waals surface area contributed by atoms with Gasteiger partial charge in [-0.25, -0.2) is 9.18 Å². The van der Waals surface area contributed by atoms with Gasteiger partial charge in [0, 0.05) is 26.2 Å². The molecule has 1 atom stereocenters. The molecular formula is C16H20FNO3. The van der Waals surface area contributed by atoms with E-state index in [9.17, 15) is 14.3 Å². The van der Waals surface area contributed by atoms with Crippen LogP contribution in [0.3, 0.4) is 0 Å². The van der Waals surface area contributed by atoms with Crippen LogP contribution in [-0.2, 0) is 17.7 Å². The number of rotatable bonds is 3. The first kappa shape index (κ1) is 14.5. The second kappa shape index (κ2) is 6.12. The standard InChI is InChI=1S/C16H20FNO3/c17-15-4-3-13(16(19)20)14-9-18(6-5-12(14)15)8-11-2-1-7-21-10-11/h3-4,11H,1-2,5-10H2,(H,19,20). The predicted molar refractivity (Wildman–Crippen MR) is 75.9 cm³/mol. The zero-order chi connectivity index (χ0) is 14.8. The highest BCUT2D eigenvalue weighted by molar-refractivity contribution is 5.89. The number of aromatic carboxylic acids is 1. The summed E-state index contributed by atoms with van der Waals surface area (Å²) in [6, 6.07) is 2.65. The van der Waals surface area contributed by atoms with Crippen molar-refractivity contribution in [2.75, 3.05) is 26.3 Å². The smallest absolute Gasteiger partial charge is 0.336 e. The molecule has 0 radical (unpaired) electrons. The lowest BCUT2D eigenvalue weighted by molar-refractivity contribution is 0.0361. The van der Waals surface area contributed by atoms with Gasteiger partial charge in [0.1, 0.15) is 5.82 Å². The normalized spacial score (nSPS) is 22.8. The van der Waals surface area contributed by atoms with Gasteiger partial charge in [0.2, 0.25) is 0 Å². The summed E-state index contributed by atoms with van der Waals surface area (Å²) in [6.07, 6.45) is 2.82. The van der Waals surface area contributed by atoms with Crippen LogP contribution in [0.1, 0.15) is 34.3 Å². The SMILES string of the molecule is O=C(O)c1ccc(F)c2c1CN(CC1CCCOC1)CC2. The summed E-state index contributed by atoms with van der Waals surface area (Å²) in [5.74, 6) is -0.758. The Labute approximate surface area is 123 Å². The molecule has 114 valence electrons. The van der Waals surface area contributed by atoms with Gasteiger partial charge in [0.05, 0.1) is 12.2 Å². The van der Waals surface area contributed by atoms with Crippen LogP contribution in [0.25, 0.3) is 0 Å². The van der Waals surface area contributed by atoms with Crippen molar-refractivity contribution in [3.05, 3.63) is 34.6 Å².